The molecule has 1 aliphatic rings. The van der Waals surface area contributed by atoms with Gasteiger partial charge in [0.2, 0.25) is 0 Å². The van der Waals surface area contributed by atoms with E-state index in [4.69, 9.17) is 9.84 Å². The van der Waals surface area contributed by atoms with Gasteiger partial charge in [-0.05, 0) is 11.0 Å². The molecule has 0 aromatic rings. The SMILES string of the molecule is C=C1COC(C(C)(C)C)CN(C(=O)O)C1. The summed E-state index contributed by atoms with van der Waals surface area (Å²) in [4.78, 5) is 12.3. The Morgan fingerprint density at radius 3 is 2.67 bits per heavy atom. The third-order valence-corrected chi connectivity index (χ3v) is 2.53. The van der Waals surface area contributed by atoms with Crippen LogP contribution in [0.1, 0.15) is 20.8 Å². The fourth-order valence-corrected chi connectivity index (χ4v) is 1.52. The molecule has 1 atom stereocenters. The lowest BCUT2D eigenvalue weighted by molar-refractivity contribution is -0.0105. The number of hydrogen-bond donors (Lipinski definition) is 1. The Kier molecular flexibility index (Phi) is 3.39. The van der Waals surface area contributed by atoms with Gasteiger partial charge in [-0.3, -0.25) is 0 Å². The summed E-state index contributed by atoms with van der Waals surface area (Å²) in [5, 5.41) is 8.99. The Labute approximate surface area is 90.5 Å². The van der Waals surface area contributed by atoms with E-state index < -0.39 is 6.09 Å². The summed E-state index contributed by atoms with van der Waals surface area (Å²) in [5.41, 5.74) is 0.752. The van der Waals surface area contributed by atoms with E-state index in [1.165, 1.54) is 4.90 Å². The Morgan fingerprint density at radius 1 is 1.60 bits per heavy atom. The van der Waals surface area contributed by atoms with Gasteiger partial charge in [-0.15, -0.1) is 0 Å². The zero-order valence-corrected chi connectivity index (χ0v) is 9.62. The van der Waals surface area contributed by atoms with Crippen LogP contribution in [0.5, 0.6) is 0 Å². The molecular weight excluding hydrogens is 194 g/mol. The van der Waals surface area contributed by atoms with Crippen molar-refractivity contribution in [2.75, 3.05) is 19.7 Å². The quantitative estimate of drug-likeness (QED) is 0.626. The Hall–Kier alpha value is -1.03. The number of carboxylic acid groups (broad SMARTS) is 1. The van der Waals surface area contributed by atoms with Crippen LogP contribution in [0.3, 0.4) is 0 Å². The molecule has 15 heavy (non-hydrogen) atoms. The maximum atomic E-state index is 11.0. The van der Waals surface area contributed by atoms with Crippen molar-refractivity contribution in [3.63, 3.8) is 0 Å². The minimum atomic E-state index is -0.907. The van der Waals surface area contributed by atoms with Gasteiger partial charge in [0.05, 0.1) is 19.3 Å². The molecule has 1 aliphatic heterocycles. The molecule has 0 aromatic heterocycles. The van der Waals surface area contributed by atoms with Gasteiger partial charge in [0.1, 0.15) is 0 Å². The highest BCUT2D eigenvalue weighted by atomic mass is 16.5. The lowest BCUT2D eigenvalue weighted by Crippen LogP contribution is -2.41. The molecule has 4 heteroatoms. The first-order chi connectivity index (χ1) is 6.80. The van der Waals surface area contributed by atoms with Crippen LogP contribution in [0.25, 0.3) is 0 Å². The molecular formula is C11H19NO3. The van der Waals surface area contributed by atoms with Crippen molar-refractivity contribution in [3.8, 4) is 0 Å². The average molecular weight is 213 g/mol. The van der Waals surface area contributed by atoms with Crippen molar-refractivity contribution in [2.45, 2.75) is 26.9 Å². The fraction of sp³-hybridized carbons (Fsp3) is 0.727. The van der Waals surface area contributed by atoms with Gasteiger partial charge in [-0.1, -0.05) is 27.4 Å². The van der Waals surface area contributed by atoms with E-state index in [0.717, 1.165) is 5.57 Å². The van der Waals surface area contributed by atoms with Crippen LogP contribution in [-0.4, -0.2) is 41.9 Å². The van der Waals surface area contributed by atoms with E-state index in [-0.39, 0.29) is 11.5 Å². The summed E-state index contributed by atoms with van der Waals surface area (Å²) in [6.45, 7) is 11.2. The van der Waals surface area contributed by atoms with Crippen molar-refractivity contribution in [2.24, 2.45) is 5.41 Å². The zero-order valence-electron chi connectivity index (χ0n) is 9.62. The van der Waals surface area contributed by atoms with Crippen LogP contribution in [0.4, 0.5) is 4.79 Å². The number of ether oxygens (including phenoxy) is 1. The topological polar surface area (TPSA) is 49.8 Å². The van der Waals surface area contributed by atoms with Crippen LogP contribution in [0.15, 0.2) is 12.2 Å². The Morgan fingerprint density at radius 2 is 2.20 bits per heavy atom. The zero-order chi connectivity index (χ0) is 11.6. The average Bonchev–Trinajstić information content (AvgIpc) is 2.25. The smallest absolute Gasteiger partial charge is 0.407 e. The summed E-state index contributed by atoms with van der Waals surface area (Å²) >= 11 is 0. The molecule has 1 N–H and O–H groups in total. The number of nitrogens with zero attached hydrogens (tertiary/aromatic N) is 1. The van der Waals surface area contributed by atoms with Gasteiger partial charge in [0, 0.05) is 6.54 Å². The van der Waals surface area contributed by atoms with Crippen molar-refractivity contribution < 1.29 is 14.6 Å². The van der Waals surface area contributed by atoms with Crippen molar-refractivity contribution in [1.29, 1.82) is 0 Å². The highest BCUT2D eigenvalue weighted by Gasteiger charge is 2.31. The normalized spacial score (nSPS) is 23.8. The largest absolute Gasteiger partial charge is 0.465 e. The first-order valence-electron chi connectivity index (χ1n) is 5.07. The van der Waals surface area contributed by atoms with E-state index in [1.54, 1.807) is 0 Å². The van der Waals surface area contributed by atoms with Crippen LogP contribution >= 0.6 is 0 Å². The molecule has 1 amide bonds. The molecule has 1 heterocycles. The second-order valence-electron chi connectivity index (χ2n) is 5.08. The maximum Gasteiger partial charge on any atom is 0.407 e. The van der Waals surface area contributed by atoms with Crippen LogP contribution in [0, 0.1) is 5.41 Å². The molecule has 0 spiro atoms. The van der Waals surface area contributed by atoms with Gasteiger partial charge in [0.25, 0.3) is 0 Å². The molecule has 0 saturated carbocycles. The summed E-state index contributed by atoms with van der Waals surface area (Å²) in [7, 11) is 0. The highest BCUT2D eigenvalue weighted by Crippen LogP contribution is 2.25. The third-order valence-electron chi connectivity index (χ3n) is 2.53. The molecule has 0 radical (unpaired) electrons. The van der Waals surface area contributed by atoms with Gasteiger partial charge in [0.15, 0.2) is 0 Å². The first kappa shape index (κ1) is 12.0. The van der Waals surface area contributed by atoms with E-state index in [1.807, 2.05) is 20.8 Å². The number of rotatable bonds is 0. The highest BCUT2D eigenvalue weighted by molar-refractivity contribution is 5.65. The van der Waals surface area contributed by atoms with Gasteiger partial charge in [-0.2, -0.15) is 0 Å². The van der Waals surface area contributed by atoms with Crippen molar-refractivity contribution in [3.05, 3.63) is 12.2 Å². The predicted molar refractivity (Wildman–Crippen MR) is 57.9 cm³/mol. The van der Waals surface area contributed by atoms with Crippen LogP contribution in [-0.2, 0) is 4.74 Å². The van der Waals surface area contributed by atoms with Crippen molar-refractivity contribution >= 4 is 6.09 Å². The molecule has 0 bridgehead atoms. The lowest BCUT2D eigenvalue weighted by Gasteiger charge is -2.31. The molecule has 1 unspecified atom stereocenters. The van der Waals surface area contributed by atoms with E-state index in [2.05, 4.69) is 6.58 Å². The molecule has 1 rings (SSSR count). The first-order valence-corrected chi connectivity index (χ1v) is 5.07. The van der Waals surface area contributed by atoms with E-state index in [9.17, 15) is 4.79 Å². The van der Waals surface area contributed by atoms with Gasteiger partial charge in [-0.25, -0.2) is 4.79 Å². The molecule has 1 saturated heterocycles. The van der Waals surface area contributed by atoms with Crippen molar-refractivity contribution in [1.82, 2.24) is 4.90 Å². The summed E-state index contributed by atoms with van der Waals surface area (Å²) in [5.74, 6) is 0. The Bertz CT molecular complexity index is 267. The Balaban J connectivity index is 2.78. The monoisotopic (exact) mass is 213 g/mol. The summed E-state index contributed by atoms with van der Waals surface area (Å²) in [6.07, 6.45) is -0.983. The fourth-order valence-electron chi connectivity index (χ4n) is 1.52. The van der Waals surface area contributed by atoms with Crippen LogP contribution in [0.2, 0.25) is 0 Å². The molecule has 0 aliphatic carbocycles. The number of carbonyl (C=O) groups is 1. The maximum absolute atomic E-state index is 11.0. The minimum absolute atomic E-state index is 0.0572. The second-order valence-corrected chi connectivity index (χ2v) is 5.08. The molecule has 1 fully saturated rings. The van der Waals surface area contributed by atoms with Gasteiger partial charge >= 0.3 is 6.09 Å². The number of amides is 1. The number of hydrogen-bond acceptors (Lipinski definition) is 2. The standard InChI is InChI=1S/C11H19NO3/c1-8-5-12(10(13)14)6-9(15-7-8)11(2,3)4/h9H,1,5-7H2,2-4H3,(H,13,14). The summed E-state index contributed by atoms with van der Waals surface area (Å²) in [6, 6.07) is 0. The van der Waals surface area contributed by atoms with E-state index >= 15 is 0 Å². The lowest BCUT2D eigenvalue weighted by atomic mass is 9.89. The second kappa shape index (κ2) is 4.23. The molecule has 86 valence electrons. The molecule has 4 nitrogen and oxygen atoms in total. The van der Waals surface area contributed by atoms with E-state index in [0.29, 0.717) is 19.7 Å². The summed E-state index contributed by atoms with van der Waals surface area (Å²) < 4.78 is 5.66. The molecule has 0 aromatic carbocycles. The van der Waals surface area contributed by atoms with Crippen LogP contribution < -0.4 is 0 Å². The predicted octanol–water partition coefficient (Wildman–Crippen LogP) is 1.97. The third kappa shape index (κ3) is 3.23. The minimum Gasteiger partial charge on any atom is -0.465 e. The van der Waals surface area contributed by atoms with Gasteiger partial charge < -0.3 is 14.7 Å².